The lowest BCUT2D eigenvalue weighted by molar-refractivity contribution is 0.0696. The van der Waals surface area contributed by atoms with Crippen LogP contribution >= 0.6 is 0 Å². The van der Waals surface area contributed by atoms with Crippen LogP contribution in [0.5, 0.6) is 0 Å². The van der Waals surface area contributed by atoms with Crippen molar-refractivity contribution in [1.82, 2.24) is 14.8 Å². The van der Waals surface area contributed by atoms with Gasteiger partial charge in [0, 0.05) is 6.20 Å². The molecule has 0 radical (unpaired) electrons. The minimum absolute atomic E-state index is 0.199. The minimum atomic E-state index is -0.974. The maximum atomic E-state index is 10.9. The van der Waals surface area contributed by atoms with Gasteiger partial charge in [-0.1, -0.05) is 19.9 Å². The molecule has 2 aromatic rings. The van der Waals surface area contributed by atoms with E-state index in [4.69, 9.17) is 5.11 Å². The van der Waals surface area contributed by atoms with Gasteiger partial charge in [-0.15, -0.1) is 0 Å². The van der Waals surface area contributed by atoms with Crippen molar-refractivity contribution in [3.05, 3.63) is 41.3 Å². The third-order valence-electron chi connectivity index (χ3n) is 2.89. The Balaban J connectivity index is 2.40. The fraction of sp³-hybridized carbons (Fsp3) is 0.308. The molecule has 0 amide bonds. The van der Waals surface area contributed by atoms with Crippen molar-refractivity contribution in [3.63, 3.8) is 0 Å². The fourth-order valence-corrected chi connectivity index (χ4v) is 1.71. The van der Waals surface area contributed by atoms with Crippen LogP contribution in [0.3, 0.4) is 0 Å². The largest absolute Gasteiger partial charge is 0.478 e. The summed E-state index contributed by atoms with van der Waals surface area (Å²) in [6.45, 7) is 5.91. The third kappa shape index (κ3) is 2.11. The molecule has 0 aliphatic rings. The molecule has 94 valence electrons. The molecule has 0 fully saturated rings. The van der Waals surface area contributed by atoms with Gasteiger partial charge in [-0.2, -0.15) is 5.10 Å². The Hall–Kier alpha value is -2.17. The summed E-state index contributed by atoms with van der Waals surface area (Å²) in [5.74, 6) is 0.0711. The predicted octanol–water partition coefficient (Wildman–Crippen LogP) is 2.40. The number of aromatic nitrogens is 3. The molecule has 0 unspecified atom stereocenters. The van der Waals surface area contributed by atoms with E-state index >= 15 is 0 Å². The second-order valence-corrected chi connectivity index (χ2v) is 4.47. The lowest BCUT2D eigenvalue weighted by atomic mass is 10.1. The second-order valence-electron chi connectivity index (χ2n) is 4.47. The highest BCUT2D eigenvalue weighted by atomic mass is 16.4. The SMILES string of the molecule is Cc1c(C(=O)O)cnn1-c1ccc(C(C)C)cn1. The van der Waals surface area contributed by atoms with Gasteiger partial charge in [-0.3, -0.25) is 0 Å². The van der Waals surface area contributed by atoms with E-state index in [9.17, 15) is 4.79 Å². The standard InChI is InChI=1S/C13H15N3O2/c1-8(2)10-4-5-12(14-6-10)16-9(3)11(7-15-16)13(17)18/h4-8H,1-3H3,(H,17,18). The van der Waals surface area contributed by atoms with Gasteiger partial charge in [-0.05, 0) is 24.5 Å². The second kappa shape index (κ2) is 4.60. The maximum absolute atomic E-state index is 10.9. The number of aromatic carboxylic acids is 1. The van der Waals surface area contributed by atoms with Crippen molar-refractivity contribution in [1.29, 1.82) is 0 Å². The van der Waals surface area contributed by atoms with E-state index in [2.05, 4.69) is 23.9 Å². The van der Waals surface area contributed by atoms with Gasteiger partial charge in [0.1, 0.15) is 5.56 Å². The van der Waals surface area contributed by atoms with Crippen LogP contribution in [0.2, 0.25) is 0 Å². The average molecular weight is 245 g/mol. The third-order valence-corrected chi connectivity index (χ3v) is 2.89. The molecule has 1 N–H and O–H groups in total. The van der Waals surface area contributed by atoms with Crippen LogP contribution in [0.4, 0.5) is 0 Å². The number of rotatable bonds is 3. The summed E-state index contributed by atoms with van der Waals surface area (Å²) >= 11 is 0. The van der Waals surface area contributed by atoms with E-state index < -0.39 is 5.97 Å². The van der Waals surface area contributed by atoms with Crippen LogP contribution in [0.1, 0.15) is 41.4 Å². The number of hydrogen-bond donors (Lipinski definition) is 1. The first-order valence-electron chi connectivity index (χ1n) is 5.75. The molecule has 0 aliphatic carbocycles. The molecule has 0 bridgehead atoms. The summed E-state index contributed by atoms with van der Waals surface area (Å²) < 4.78 is 1.54. The van der Waals surface area contributed by atoms with E-state index in [0.717, 1.165) is 5.56 Å². The number of pyridine rings is 1. The molecule has 2 heterocycles. The summed E-state index contributed by atoms with van der Waals surface area (Å²) in [7, 11) is 0. The van der Waals surface area contributed by atoms with E-state index in [1.54, 1.807) is 13.1 Å². The molecular weight excluding hydrogens is 230 g/mol. The summed E-state index contributed by atoms with van der Waals surface area (Å²) in [5.41, 5.74) is 1.92. The quantitative estimate of drug-likeness (QED) is 0.901. The number of carbonyl (C=O) groups is 1. The van der Waals surface area contributed by atoms with Crippen LogP contribution < -0.4 is 0 Å². The summed E-state index contributed by atoms with van der Waals surface area (Å²) in [6.07, 6.45) is 3.14. The zero-order chi connectivity index (χ0) is 13.3. The van der Waals surface area contributed by atoms with Gasteiger partial charge in [0.05, 0.1) is 11.9 Å². The first kappa shape index (κ1) is 12.3. The molecule has 0 saturated heterocycles. The Morgan fingerprint density at radius 2 is 2.06 bits per heavy atom. The van der Waals surface area contributed by atoms with Gasteiger partial charge >= 0.3 is 5.97 Å². The smallest absolute Gasteiger partial charge is 0.339 e. The van der Waals surface area contributed by atoms with Crippen LogP contribution in [-0.4, -0.2) is 25.8 Å². The first-order chi connectivity index (χ1) is 8.50. The van der Waals surface area contributed by atoms with Crippen molar-refractivity contribution < 1.29 is 9.90 Å². The zero-order valence-electron chi connectivity index (χ0n) is 10.6. The number of hydrogen-bond acceptors (Lipinski definition) is 3. The molecular formula is C13H15N3O2. The Labute approximate surface area is 105 Å². The molecule has 0 spiro atoms. The van der Waals surface area contributed by atoms with Crippen LogP contribution in [-0.2, 0) is 0 Å². The molecule has 0 aromatic carbocycles. The number of nitrogens with zero attached hydrogens (tertiary/aromatic N) is 3. The van der Waals surface area contributed by atoms with Gasteiger partial charge in [0.25, 0.3) is 0 Å². The lowest BCUT2D eigenvalue weighted by Crippen LogP contribution is -2.04. The predicted molar refractivity (Wildman–Crippen MR) is 67.1 cm³/mol. The van der Waals surface area contributed by atoms with Crippen LogP contribution in [0.25, 0.3) is 5.82 Å². The molecule has 5 heteroatoms. The van der Waals surface area contributed by atoms with E-state index in [1.165, 1.54) is 10.9 Å². The minimum Gasteiger partial charge on any atom is -0.478 e. The highest BCUT2D eigenvalue weighted by molar-refractivity contribution is 5.88. The normalized spacial score (nSPS) is 10.9. The van der Waals surface area contributed by atoms with Gasteiger partial charge in [0.15, 0.2) is 5.82 Å². The van der Waals surface area contributed by atoms with E-state index in [0.29, 0.717) is 17.4 Å². The lowest BCUT2D eigenvalue weighted by Gasteiger charge is -2.07. The molecule has 5 nitrogen and oxygen atoms in total. The number of carboxylic acid groups (broad SMARTS) is 1. The highest BCUT2D eigenvalue weighted by Gasteiger charge is 2.14. The van der Waals surface area contributed by atoms with Crippen molar-refractivity contribution in [2.24, 2.45) is 0 Å². The van der Waals surface area contributed by atoms with Crippen molar-refractivity contribution >= 4 is 5.97 Å². The first-order valence-corrected chi connectivity index (χ1v) is 5.75. The maximum Gasteiger partial charge on any atom is 0.339 e. The van der Waals surface area contributed by atoms with Crippen molar-refractivity contribution in [2.45, 2.75) is 26.7 Å². The van der Waals surface area contributed by atoms with Crippen LogP contribution in [0.15, 0.2) is 24.5 Å². The number of carboxylic acids is 1. The summed E-state index contributed by atoms with van der Waals surface area (Å²) in [5, 5.41) is 13.0. The highest BCUT2D eigenvalue weighted by Crippen LogP contribution is 2.16. The van der Waals surface area contributed by atoms with Gasteiger partial charge < -0.3 is 5.11 Å². The topological polar surface area (TPSA) is 68.0 Å². The molecule has 18 heavy (non-hydrogen) atoms. The van der Waals surface area contributed by atoms with Crippen molar-refractivity contribution in [3.8, 4) is 5.82 Å². The molecule has 2 aromatic heterocycles. The molecule has 0 atom stereocenters. The molecule has 2 rings (SSSR count). The Morgan fingerprint density at radius 3 is 2.50 bits per heavy atom. The Bertz CT molecular complexity index is 570. The summed E-state index contributed by atoms with van der Waals surface area (Å²) in [4.78, 5) is 15.2. The van der Waals surface area contributed by atoms with Crippen LogP contribution in [0, 0.1) is 6.92 Å². The van der Waals surface area contributed by atoms with E-state index in [1.807, 2.05) is 12.1 Å². The summed E-state index contributed by atoms with van der Waals surface area (Å²) in [6, 6.07) is 3.83. The monoisotopic (exact) mass is 245 g/mol. The van der Waals surface area contributed by atoms with E-state index in [-0.39, 0.29) is 5.56 Å². The zero-order valence-corrected chi connectivity index (χ0v) is 10.6. The Morgan fingerprint density at radius 1 is 1.33 bits per heavy atom. The van der Waals surface area contributed by atoms with Gasteiger partial charge in [0.2, 0.25) is 0 Å². The molecule has 0 aliphatic heterocycles. The molecule has 0 saturated carbocycles. The average Bonchev–Trinajstić information content (AvgIpc) is 2.71. The van der Waals surface area contributed by atoms with Gasteiger partial charge in [-0.25, -0.2) is 14.5 Å². The van der Waals surface area contributed by atoms with Crippen molar-refractivity contribution in [2.75, 3.05) is 0 Å². The Kier molecular flexibility index (Phi) is 3.14. The fourth-order valence-electron chi connectivity index (χ4n) is 1.71.